The number of hydrogen-bond acceptors (Lipinski definition) is 1. The summed E-state index contributed by atoms with van der Waals surface area (Å²) in [5.74, 6) is 1.68. The van der Waals surface area contributed by atoms with Crippen LogP contribution in [0.3, 0.4) is 0 Å². The molecule has 2 aliphatic rings. The van der Waals surface area contributed by atoms with Crippen LogP contribution in [0.2, 0.25) is 0 Å². The number of unbranched alkanes of at least 4 members (excludes halogenated alkanes) is 3. The van der Waals surface area contributed by atoms with E-state index in [0.717, 1.165) is 55.4 Å². The molecule has 2 fully saturated rings. The van der Waals surface area contributed by atoms with Crippen LogP contribution < -0.4 is 4.74 Å². The lowest BCUT2D eigenvalue weighted by molar-refractivity contribution is 0.158. The number of ether oxygens (including phenoxy) is 1. The van der Waals surface area contributed by atoms with E-state index in [9.17, 15) is 8.78 Å². The highest BCUT2D eigenvalue weighted by Gasteiger charge is 2.31. The zero-order valence-electron chi connectivity index (χ0n) is 20.1. The van der Waals surface area contributed by atoms with Gasteiger partial charge in [0.2, 0.25) is 0 Å². The molecule has 0 saturated heterocycles. The molecular weight excluding hydrogens is 390 g/mol. The quantitative estimate of drug-likeness (QED) is 0.333. The van der Waals surface area contributed by atoms with Crippen molar-refractivity contribution in [3.8, 4) is 5.75 Å². The average molecular weight is 435 g/mol. The largest absolute Gasteiger partial charge is 0.485 e. The van der Waals surface area contributed by atoms with Crippen LogP contribution >= 0.6 is 0 Å². The molecule has 1 nitrogen and oxygen atoms in total. The van der Waals surface area contributed by atoms with Gasteiger partial charge in [0.25, 0.3) is 0 Å². The fourth-order valence-electron chi connectivity index (χ4n) is 6.04. The number of rotatable bonds is 10. The number of benzene rings is 1. The van der Waals surface area contributed by atoms with Gasteiger partial charge in [-0.3, -0.25) is 0 Å². The maximum absolute atomic E-state index is 14.7. The Morgan fingerprint density at radius 2 is 1.42 bits per heavy atom. The van der Waals surface area contributed by atoms with Crippen LogP contribution in [0, 0.1) is 29.4 Å². The van der Waals surface area contributed by atoms with Gasteiger partial charge in [0, 0.05) is 0 Å². The lowest BCUT2D eigenvalue weighted by Gasteiger charge is -2.38. The van der Waals surface area contributed by atoms with Gasteiger partial charge < -0.3 is 4.74 Å². The molecule has 1 aromatic rings. The van der Waals surface area contributed by atoms with E-state index in [4.69, 9.17) is 4.74 Å². The van der Waals surface area contributed by atoms with Gasteiger partial charge in [-0.1, -0.05) is 52.4 Å². The fourth-order valence-corrected chi connectivity index (χ4v) is 6.04. The molecule has 3 heteroatoms. The minimum atomic E-state index is -0.532. The summed E-state index contributed by atoms with van der Waals surface area (Å²) in [4.78, 5) is 0. The zero-order chi connectivity index (χ0) is 22.2. The van der Waals surface area contributed by atoms with Crippen molar-refractivity contribution in [3.63, 3.8) is 0 Å². The summed E-state index contributed by atoms with van der Waals surface area (Å²) in [5, 5.41) is 0. The molecule has 3 rings (SSSR count). The first kappa shape index (κ1) is 24.5. The Kier molecular flexibility index (Phi) is 9.66. The highest BCUT2D eigenvalue weighted by atomic mass is 19.1. The first-order valence-electron chi connectivity index (χ1n) is 13.2. The molecule has 0 heterocycles. The van der Waals surface area contributed by atoms with E-state index in [1.807, 2.05) is 6.92 Å². The Bertz CT molecular complexity index is 634. The van der Waals surface area contributed by atoms with E-state index in [0.29, 0.717) is 0 Å². The van der Waals surface area contributed by atoms with Crippen molar-refractivity contribution >= 4 is 0 Å². The van der Waals surface area contributed by atoms with Crippen molar-refractivity contribution in [2.24, 2.45) is 17.8 Å². The summed E-state index contributed by atoms with van der Waals surface area (Å²) in [6.07, 6.45) is 16.7. The highest BCUT2D eigenvalue weighted by Crippen LogP contribution is 2.45. The van der Waals surface area contributed by atoms with E-state index in [-0.39, 0.29) is 17.8 Å². The van der Waals surface area contributed by atoms with Crippen LogP contribution in [-0.2, 0) is 0 Å². The van der Waals surface area contributed by atoms with Gasteiger partial charge >= 0.3 is 0 Å². The summed E-state index contributed by atoms with van der Waals surface area (Å²) in [6, 6.07) is 3.08. The third-order valence-corrected chi connectivity index (χ3v) is 8.18. The predicted octanol–water partition coefficient (Wildman–Crippen LogP) is 9.19. The molecule has 0 amide bonds. The third-order valence-electron chi connectivity index (χ3n) is 8.18. The minimum Gasteiger partial charge on any atom is -0.485 e. The van der Waals surface area contributed by atoms with Crippen LogP contribution in [0.5, 0.6) is 5.75 Å². The van der Waals surface area contributed by atoms with Crippen molar-refractivity contribution in [1.82, 2.24) is 0 Å². The van der Waals surface area contributed by atoms with Crippen molar-refractivity contribution in [1.29, 1.82) is 0 Å². The Morgan fingerprint density at radius 3 is 1.97 bits per heavy atom. The maximum atomic E-state index is 14.7. The SMILES string of the molecule is CCCCCCC(C)Oc1c(F)cc(C2CCC(C3CCC(CC)CC3)CC2)cc1F. The first-order chi connectivity index (χ1) is 15.0. The summed E-state index contributed by atoms with van der Waals surface area (Å²) in [6.45, 7) is 6.41. The molecule has 0 spiro atoms. The van der Waals surface area contributed by atoms with Gasteiger partial charge in [-0.15, -0.1) is 0 Å². The monoisotopic (exact) mass is 434 g/mol. The molecule has 0 aromatic heterocycles. The molecule has 2 aliphatic carbocycles. The summed E-state index contributed by atoms with van der Waals surface area (Å²) < 4.78 is 35.1. The van der Waals surface area contributed by atoms with Gasteiger partial charge in [0.15, 0.2) is 17.4 Å². The lowest BCUT2D eigenvalue weighted by Crippen LogP contribution is -2.25. The lowest BCUT2D eigenvalue weighted by atomic mass is 9.68. The molecular formula is C28H44F2O. The minimum absolute atomic E-state index is 0.162. The van der Waals surface area contributed by atoms with E-state index in [1.165, 1.54) is 57.8 Å². The first-order valence-corrected chi connectivity index (χ1v) is 13.2. The van der Waals surface area contributed by atoms with E-state index in [2.05, 4.69) is 13.8 Å². The van der Waals surface area contributed by atoms with E-state index in [1.54, 1.807) is 12.1 Å². The smallest absolute Gasteiger partial charge is 0.191 e. The molecule has 0 radical (unpaired) electrons. The van der Waals surface area contributed by atoms with Crippen molar-refractivity contribution in [2.75, 3.05) is 0 Å². The molecule has 176 valence electrons. The number of hydrogen-bond donors (Lipinski definition) is 0. The normalized spacial score (nSPS) is 27.8. The highest BCUT2D eigenvalue weighted by molar-refractivity contribution is 5.33. The molecule has 0 aliphatic heterocycles. The second-order valence-corrected chi connectivity index (χ2v) is 10.4. The Labute approximate surface area is 189 Å². The molecule has 0 N–H and O–H groups in total. The van der Waals surface area contributed by atoms with Crippen LogP contribution in [0.4, 0.5) is 8.78 Å². The standard InChI is InChI=1S/C28H44F2O/c1-4-6-7-8-9-20(3)31-28-26(29)18-25(19-27(28)30)24-16-14-23(15-17-24)22-12-10-21(5-2)11-13-22/h18-24H,4-17H2,1-3H3. The molecule has 2 saturated carbocycles. The maximum Gasteiger partial charge on any atom is 0.191 e. The van der Waals surface area contributed by atoms with Crippen LogP contribution in [0.25, 0.3) is 0 Å². The topological polar surface area (TPSA) is 9.23 Å². The molecule has 31 heavy (non-hydrogen) atoms. The van der Waals surface area contributed by atoms with Crippen LogP contribution in [0.1, 0.15) is 122 Å². The van der Waals surface area contributed by atoms with Crippen LogP contribution in [0.15, 0.2) is 12.1 Å². The fraction of sp³-hybridized carbons (Fsp3) is 0.786. The Hall–Kier alpha value is -1.12. The molecule has 0 bridgehead atoms. The summed E-state index contributed by atoms with van der Waals surface area (Å²) >= 11 is 0. The average Bonchev–Trinajstić information content (AvgIpc) is 2.79. The molecule has 1 aromatic carbocycles. The summed E-state index contributed by atoms with van der Waals surface area (Å²) in [7, 11) is 0. The Balaban J connectivity index is 1.51. The summed E-state index contributed by atoms with van der Waals surface area (Å²) in [5.41, 5.74) is 0.825. The van der Waals surface area contributed by atoms with E-state index < -0.39 is 11.6 Å². The Morgan fingerprint density at radius 1 is 0.839 bits per heavy atom. The van der Waals surface area contributed by atoms with Gasteiger partial charge in [-0.25, -0.2) is 8.78 Å². The van der Waals surface area contributed by atoms with Crippen molar-refractivity contribution in [3.05, 3.63) is 29.3 Å². The van der Waals surface area contributed by atoms with Crippen LogP contribution in [-0.4, -0.2) is 6.10 Å². The second kappa shape index (κ2) is 12.2. The van der Waals surface area contributed by atoms with Gasteiger partial charge in [-0.05, 0) is 99.7 Å². The van der Waals surface area contributed by atoms with Gasteiger partial charge in [0.05, 0.1) is 6.10 Å². The van der Waals surface area contributed by atoms with Gasteiger partial charge in [0.1, 0.15) is 0 Å². The van der Waals surface area contributed by atoms with Crippen molar-refractivity contribution in [2.45, 2.75) is 123 Å². The number of halogens is 2. The van der Waals surface area contributed by atoms with E-state index >= 15 is 0 Å². The van der Waals surface area contributed by atoms with Crippen molar-refractivity contribution < 1.29 is 13.5 Å². The predicted molar refractivity (Wildman–Crippen MR) is 126 cm³/mol. The third kappa shape index (κ3) is 6.93. The zero-order valence-corrected chi connectivity index (χ0v) is 20.1. The second-order valence-electron chi connectivity index (χ2n) is 10.4. The molecule has 1 atom stereocenters. The van der Waals surface area contributed by atoms with Gasteiger partial charge in [-0.2, -0.15) is 0 Å². The molecule has 1 unspecified atom stereocenters.